The first-order valence-electron chi connectivity index (χ1n) is 5.39. The van der Waals surface area contributed by atoms with Crippen molar-refractivity contribution < 1.29 is 14.6 Å². The van der Waals surface area contributed by atoms with E-state index in [1.54, 1.807) is 13.8 Å². The second-order valence-corrected chi connectivity index (χ2v) is 4.30. The minimum absolute atomic E-state index is 0.0669. The van der Waals surface area contributed by atoms with Crippen LogP contribution in [0.5, 0.6) is 0 Å². The van der Waals surface area contributed by atoms with Crippen LogP contribution in [0.3, 0.4) is 0 Å². The molecule has 1 atom stereocenters. The van der Waals surface area contributed by atoms with E-state index in [0.29, 0.717) is 13.0 Å². The molecule has 15 heavy (non-hydrogen) atoms. The van der Waals surface area contributed by atoms with E-state index in [2.05, 4.69) is 6.08 Å². The summed E-state index contributed by atoms with van der Waals surface area (Å²) >= 11 is 0. The zero-order valence-corrected chi connectivity index (χ0v) is 10.2. The van der Waals surface area contributed by atoms with Gasteiger partial charge in [-0.2, -0.15) is 0 Å². The Bertz CT molecular complexity index is 225. The van der Waals surface area contributed by atoms with Crippen molar-refractivity contribution in [3.05, 3.63) is 11.6 Å². The second-order valence-electron chi connectivity index (χ2n) is 4.30. The van der Waals surface area contributed by atoms with Crippen molar-refractivity contribution in [2.24, 2.45) is 0 Å². The van der Waals surface area contributed by atoms with Gasteiger partial charge in [0.25, 0.3) is 0 Å². The third-order valence-corrected chi connectivity index (χ3v) is 2.07. The van der Waals surface area contributed by atoms with Gasteiger partial charge in [0.05, 0.1) is 18.6 Å². The van der Waals surface area contributed by atoms with E-state index in [9.17, 15) is 9.90 Å². The van der Waals surface area contributed by atoms with Crippen molar-refractivity contribution in [3.63, 3.8) is 0 Å². The average molecular weight is 214 g/mol. The molecule has 1 N–H and O–H groups in total. The lowest BCUT2D eigenvalue weighted by molar-refractivity contribution is -0.148. The van der Waals surface area contributed by atoms with Crippen molar-refractivity contribution in [2.45, 2.75) is 52.6 Å². The number of rotatable bonds is 6. The van der Waals surface area contributed by atoms with Crippen molar-refractivity contribution in [2.75, 3.05) is 6.61 Å². The molecule has 0 fully saturated rings. The van der Waals surface area contributed by atoms with E-state index >= 15 is 0 Å². The topological polar surface area (TPSA) is 46.5 Å². The largest absolute Gasteiger partial charge is 0.466 e. The Hall–Kier alpha value is -0.830. The maximum absolute atomic E-state index is 11.2. The Balaban J connectivity index is 3.96. The van der Waals surface area contributed by atoms with Gasteiger partial charge in [0, 0.05) is 0 Å². The Morgan fingerprint density at radius 3 is 2.53 bits per heavy atom. The van der Waals surface area contributed by atoms with Crippen LogP contribution in [0.25, 0.3) is 0 Å². The Morgan fingerprint density at radius 2 is 2.07 bits per heavy atom. The first-order valence-corrected chi connectivity index (χ1v) is 5.39. The summed E-state index contributed by atoms with van der Waals surface area (Å²) in [6, 6.07) is 0. The van der Waals surface area contributed by atoms with E-state index < -0.39 is 5.60 Å². The molecule has 88 valence electrons. The van der Waals surface area contributed by atoms with Gasteiger partial charge in [-0.3, -0.25) is 4.79 Å². The van der Waals surface area contributed by atoms with Crippen LogP contribution in [0.2, 0.25) is 0 Å². The highest BCUT2D eigenvalue weighted by Gasteiger charge is 2.24. The summed E-state index contributed by atoms with van der Waals surface area (Å²) in [6.07, 6.45) is 3.49. The van der Waals surface area contributed by atoms with Crippen molar-refractivity contribution >= 4 is 5.97 Å². The molecule has 0 saturated carbocycles. The smallest absolute Gasteiger partial charge is 0.308 e. The molecule has 0 spiro atoms. The second kappa shape index (κ2) is 6.62. The SMILES string of the molecule is CCOC(=O)CC(C)(O)CCC=C(C)C. The molecule has 0 saturated heterocycles. The van der Waals surface area contributed by atoms with Crippen molar-refractivity contribution in [1.82, 2.24) is 0 Å². The van der Waals surface area contributed by atoms with Gasteiger partial charge in [0.15, 0.2) is 0 Å². The summed E-state index contributed by atoms with van der Waals surface area (Å²) in [6.45, 7) is 7.82. The summed E-state index contributed by atoms with van der Waals surface area (Å²) in [5, 5.41) is 9.89. The zero-order chi connectivity index (χ0) is 11.9. The zero-order valence-electron chi connectivity index (χ0n) is 10.2. The number of aliphatic hydroxyl groups is 1. The number of allylic oxidation sites excluding steroid dienone is 2. The van der Waals surface area contributed by atoms with Crippen LogP contribution >= 0.6 is 0 Å². The molecule has 3 heteroatoms. The van der Waals surface area contributed by atoms with Crippen LogP contribution in [-0.2, 0) is 9.53 Å². The molecule has 0 bridgehead atoms. The van der Waals surface area contributed by atoms with Crippen LogP contribution in [-0.4, -0.2) is 23.3 Å². The number of hydrogen-bond acceptors (Lipinski definition) is 3. The number of esters is 1. The molecule has 0 amide bonds. The minimum atomic E-state index is -0.960. The molecule has 0 rings (SSSR count). The summed E-state index contributed by atoms with van der Waals surface area (Å²) < 4.78 is 4.79. The van der Waals surface area contributed by atoms with E-state index in [0.717, 1.165) is 6.42 Å². The minimum Gasteiger partial charge on any atom is -0.466 e. The monoisotopic (exact) mass is 214 g/mol. The summed E-state index contributed by atoms with van der Waals surface area (Å²) in [4.78, 5) is 11.2. The normalized spacial score (nSPS) is 14.2. The van der Waals surface area contributed by atoms with Gasteiger partial charge in [0.1, 0.15) is 0 Å². The molecule has 0 aliphatic rings. The molecule has 0 aliphatic carbocycles. The molecule has 0 radical (unpaired) electrons. The highest BCUT2D eigenvalue weighted by Crippen LogP contribution is 2.18. The van der Waals surface area contributed by atoms with Gasteiger partial charge in [-0.05, 0) is 40.5 Å². The van der Waals surface area contributed by atoms with E-state index in [1.165, 1.54) is 5.57 Å². The molecule has 0 aliphatic heterocycles. The summed E-state index contributed by atoms with van der Waals surface area (Å²) in [5.74, 6) is -0.334. The quantitative estimate of drug-likeness (QED) is 0.545. The molecule has 0 heterocycles. The van der Waals surface area contributed by atoms with Gasteiger partial charge in [0.2, 0.25) is 0 Å². The molecule has 0 aromatic heterocycles. The van der Waals surface area contributed by atoms with E-state index in [4.69, 9.17) is 4.74 Å². The maximum atomic E-state index is 11.2. The van der Waals surface area contributed by atoms with Crippen LogP contribution < -0.4 is 0 Å². The van der Waals surface area contributed by atoms with Crippen LogP contribution in [0.15, 0.2) is 11.6 Å². The van der Waals surface area contributed by atoms with Gasteiger partial charge >= 0.3 is 5.97 Å². The molecular formula is C12H22O3. The first-order chi connectivity index (χ1) is 6.87. The van der Waals surface area contributed by atoms with E-state index in [1.807, 2.05) is 13.8 Å². The summed E-state index contributed by atoms with van der Waals surface area (Å²) in [7, 11) is 0. The number of ether oxygens (including phenoxy) is 1. The summed E-state index contributed by atoms with van der Waals surface area (Å²) in [5.41, 5.74) is 0.264. The number of carbonyl (C=O) groups is 1. The Morgan fingerprint density at radius 1 is 1.47 bits per heavy atom. The average Bonchev–Trinajstić information content (AvgIpc) is 2.01. The molecular weight excluding hydrogens is 192 g/mol. The Labute approximate surface area is 92.1 Å². The third-order valence-electron chi connectivity index (χ3n) is 2.07. The lowest BCUT2D eigenvalue weighted by Crippen LogP contribution is -2.28. The van der Waals surface area contributed by atoms with Crippen LogP contribution in [0, 0.1) is 0 Å². The first kappa shape index (κ1) is 14.2. The highest BCUT2D eigenvalue weighted by molar-refractivity contribution is 5.70. The lowest BCUT2D eigenvalue weighted by atomic mass is 9.96. The predicted octanol–water partition coefficient (Wildman–Crippen LogP) is 2.44. The van der Waals surface area contributed by atoms with Crippen LogP contribution in [0.4, 0.5) is 0 Å². The fourth-order valence-electron chi connectivity index (χ4n) is 1.28. The predicted molar refractivity (Wildman–Crippen MR) is 60.5 cm³/mol. The Kier molecular flexibility index (Phi) is 6.25. The fraction of sp³-hybridized carbons (Fsp3) is 0.750. The molecule has 1 unspecified atom stereocenters. The van der Waals surface area contributed by atoms with Crippen LogP contribution in [0.1, 0.15) is 47.0 Å². The van der Waals surface area contributed by atoms with Crippen molar-refractivity contribution in [3.8, 4) is 0 Å². The van der Waals surface area contributed by atoms with Gasteiger partial charge in [-0.1, -0.05) is 11.6 Å². The van der Waals surface area contributed by atoms with E-state index in [-0.39, 0.29) is 12.4 Å². The standard InChI is InChI=1S/C12H22O3/c1-5-15-11(13)9-12(4,14)8-6-7-10(2)3/h7,14H,5-6,8-9H2,1-4H3. The highest BCUT2D eigenvalue weighted by atomic mass is 16.5. The maximum Gasteiger partial charge on any atom is 0.308 e. The third kappa shape index (κ3) is 8.18. The van der Waals surface area contributed by atoms with Gasteiger partial charge in [-0.15, -0.1) is 0 Å². The lowest BCUT2D eigenvalue weighted by Gasteiger charge is -2.21. The van der Waals surface area contributed by atoms with Gasteiger partial charge in [-0.25, -0.2) is 0 Å². The van der Waals surface area contributed by atoms with Crippen molar-refractivity contribution in [1.29, 1.82) is 0 Å². The number of carbonyl (C=O) groups excluding carboxylic acids is 1. The molecule has 0 aromatic rings. The molecule has 3 nitrogen and oxygen atoms in total. The fourth-order valence-corrected chi connectivity index (χ4v) is 1.28. The van der Waals surface area contributed by atoms with Gasteiger partial charge < -0.3 is 9.84 Å². The molecule has 0 aromatic carbocycles. The number of hydrogen-bond donors (Lipinski definition) is 1.